The van der Waals surface area contributed by atoms with Gasteiger partial charge in [-0.1, -0.05) is 6.07 Å². The first-order valence-corrected chi connectivity index (χ1v) is 8.12. The molecule has 2 aliphatic rings. The second-order valence-corrected chi connectivity index (χ2v) is 6.08. The summed E-state index contributed by atoms with van der Waals surface area (Å²) >= 11 is 0. The quantitative estimate of drug-likeness (QED) is 0.836. The fourth-order valence-corrected chi connectivity index (χ4v) is 3.09. The predicted octanol–water partition coefficient (Wildman–Crippen LogP) is 0.956. The van der Waals surface area contributed by atoms with Crippen molar-refractivity contribution in [3.8, 4) is 11.5 Å². The van der Waals surface area contributed by atoms with E-state index in [-0.39, 0.29) is 5.91 Å². The number of piperazine rings is 1. The summed E-state index contributed by atoms with van der Waals surface area (Å²) in [4.78, 5) is 20.5. The molecular formula is C17H20N4O3. The molecule has 1 aromatic carbocycles. The van der Waals surface area contributed by atoms with E-state index in [1.54, 1.807) is 17.1 Å². The minimum atomic E-state index is 0.149. The normalized spacial score (nSPS) is 17.2. The van der Waals surface area contributed by atoms with E-state index in [0.717, 1.165) is 44.2 Å². The average molecular weight is 328 g/mol. The van der Waals surface area contributed by atoms with Crippen molar-refractivity contribution in [2.24, 2.45) is 0 Å². The first kappa shape index (κ1) is 15.0. The smallest absolute Gasteiger partial charge is 0.242 e. The number of benzene rings is 1. The molecule has 1 fully saturated rings. The Balaban J connectivity index is 1.29. The number of ether oxygens (including phenoxy) is 2. The Morgan fingerprint density at radius 3 is 2.75 bits per heavy atom. The molecule has 2 aliphatic heterocycles. The third-order valence-corrected chi connectivity index (χ3v) is 4.45. The van der Waals surface area contributed by atoms with Gasteiger partial charge in [0.2, 0.25) is 12.7 Å². The van der Waals surface area contributed by atoms with E-state index in [0.29, 0.717) is 13.3 Å². The average Bonchev–Trinajstić information content (AvgIpc) is 3.26. The molecule has 3 heterocycles. The molecule has 0 aliphatic carbocycles. The predicted molar refractivity (Wildman–Crippen MR) is 86.6 cm³/mol. The maximum Gasteiger partial charge on any atom is 0.242 e. The Labute approximate surface area is 140 Å². The van der Waals surface area contributed by atoms with E-state index in [2.05, 4.69) is 16.0 Å². The van der Waals surface area contributed by atoms with Crippen molar-refractivity contribution in [3.05, 3.63) is 42.5 Å². The Kier molecular flexibility index (Phi) is 4.08. The molecule has 0 bridgehead atoms. The fraction of sp³-hybridized carbons (Fsp3) is 0.412. The van der Waals surface area contributed by atoms with E-state index >= 15 is 0 Å². The van der Waals surface area contributed by atoms with Gasteiger partial charge in [-0.25, -0.2) is 4.98 Å². The fourth-order valence-electron chi connectivity index (χ4n) is 3.09. The molecule has 24 heavy (non-hydrogen) atoms. The van der Waals surface area contributed by atoms with Crippen LogP contribution in [0.15, 0.2) is 36.9 Å². The Morgan fingerprint density at radius 1 is 1.12 bits per heavy atom. The summed E-state index contributed by atoms with van der Waals surface area (Å²) in [7, 11) is 0. The monoisotopic (exact) mass is 328 g/mol. The minimum absolute atomic E-state index is 0.149. The van der Waals surface area contributed by atoms with Crippen molar-refractivity contribution in [2.45, 2.75) is 13.1 Å². The van der Waals surface area contributed by atoms with Crippen LogP contribution in [-0.4, -0.2) is 58.2 Å². The Bertz CT molecular complexity index is 709. The molecule has 7 heteroatoms. The van der Waals surface area contributed by atoms with Gasteiger partial charge in [0.05, 0.1) is 6.33 Å². The number of fused-ring (bicyclic) bond motifs is 1. The van der Waals surface area contributed by atoms with E-state index in [4.69, 9.17) is 9.47 Å². The summed E-state index contributed by atoms with van der Waals surface area (Å²) in [5, 5.41) is 0. The Hall–Kier alpha value is -2.54. The van der Waals surface area contributed by atoms with Crippen molar-refractivity contribution in [1.29, 1.82) is 0 Å². The molecule has 0 saturated carbocycles. The lowest BCUT2D eigenvalue weighted by Gasteiger charge is -2.34. The lowest BCUT2D eigenvalue weighted by molar-refractivity contribution is -0.133. The molecule has 1 aromatic heterocycles. The first-order chi connectivity index (χ1) is 11.8. The van der Waals surface area contributed by atoms with Crippen LogP contribution < -0.4 is 9.47 Å². The highest BCUT2D eigenvalue weighted by Crippen LogP contribution is 2.32. The molecule has 0 N–H and O–H groups in total. The van der Waals surface area contributed by atoms with Gasteiger partial charge in [-0.2, -0.15) is 0 Å². The molecule has 2 aromatic rings. The molecule has 4 rings (SSSR count). The zero-order valence-corrected chi connectivity index (χ0v) is 13.4. The maximum absolute atomic E-state index is 12.3. The van der Waals surface area contributed by atoms with Crippen LogP contribution in [0.3, 0.4) is 0 Å². The van der Waals surface area contributed by atoms with Gasteiger partial charge in [0.15, 0.2) is 11.5 Å². The highest BCUT2D eigenvalue weighted by Gasteiger charge is 2.22. The lowest BCUT2D eigenvalue weighted by Crippen LogP contribution is -2.49. The highest BCUT2D eigenvalue weighted by molar-refractivity contribution is 5.76. The molecule has 7 nitrogen and oxygen atoms in total. The van der Waals surface area contributed by atoms with E-state index in [1.807, 2.05) is 23.2 Å². The number of aromatic nitrogens is 2. The zero-order valence-electron chi connectivity index (χ0n) is 13.4. The van der Waals surface area contributed by atoms with Crippen molar-refractivity contribution in [2.75, 3.05) is 33.0 Å². The maximum atomic E-state index is 12.3. The van der Waals surface area contributed by atoms with Crippen LogP contribution in [0.4, 0.5) is 0 Å². The van der Waals surface area contributed by atoms with Crippen molar-refractivity contribution < 1.29 is 14.3 Å². The SMILES string of the molecule is O=C(Cn1ccnc1)N1CCN(Cc2ccc3c(c2)OCO3)CC1. The zero-order chi connectivity index (χ0) is 16.4. The van der Waals surface area contributed by atoms with Crippen LogP contribution in [0.25, 0.3) is 0 Å². The topological polar surface area (TPSA) is 59.8 Å². The number of nitrogens with zero attached hydrogens (tertiary/aromatic N) is 4. The van der Waals surface area contributed by atoms with Gasteiger partial charge in [-0.15, -0.1) is 0 Å². The van der Waals surface area contributed by atoms with Crippen LogP contribution in [0.2, 0.25) is 0 Å². The number of carbonyl (C=O) groups is 1. The second kappa shape index (κ2) is 6.52. The number of imidazole rings is 1. The first-order valence-electron chi connectivity index (χ1n) is 8.12. The van der Waals surface area contributed by atoms with Gasteiger partial charge in [-0.3, -0.25) is 9.69 Å². The molecule has 1 amide bonds. The van der Waals surface area contributed by atoms with Gasteiger partial charge in [0.1, 0.15) is 6.54 Å². The van der Waals surface area contributed by atoms with E-state index in [1.165, 1.54) is 5.56 Å². The molecule has 0 atom stereocenters. The molecule has 126 valence electrons. The molecule has 0 unspecified atom stereocenters. The lowest BCUT2D eigenvalue weighted by atomic mass is 10.1. The summed E-state index contributed by atoms with van der Waals surface area (Å²) in [6, 6.07) is 6.07. The highest BCUT2D eigenvalue weighted by atomic mass is 16.7. The van der Waals surface area contributed by atoms with Crippen molar-refractivity contribution in [3.63, 3.8) is 0 Å². The van der Waals surface area contributed by atoms with Gasteiger partial charge in [0, 0.05) is 45.1 Å². The number of hydrogen-bond acceptors (Lipinski definition) is 5. The molecular weight excluding hydrogens is 308 g/mol. The number of carbonyl (C=O) groups excluding carboxylic acids is 1. The molecule has 0 radical (unpaired) electrons. The third kappa shape index (κ3) is 3.21. The summed E-state index contributed by atoms with van der Waals surface area (Å²) in [6.45, 7) is 4.81. The summed E-state index contributed by atoms with van der Waals surface area (Å²) in [5.41, 5.74) is 1.21. The van der Waals surface area contributed by atoms with Gasteiger partial charge >= 0.3 is 0 Å². The minimum Gasteiger partial charge on any atom is -0.454 e. The largest absolute Gasteiger partial charge is 0.454 e. The van der Waals surface area contributed by atoms with E-state index in [9.17, 15) is 4.79 Å². The number of hydrogen-bond donors (Lipinski definition) is 0. The second-order valence-electron chi connectivity index (χ2n) is 6.08. The van der Waals surface area contributed by atoms with Crippen LogP contribution in [0.5, 0.6) is 11.5 Å². The molecule has 1 saturated heterocycles. The Morgan fingerprint density at radius 2 is 1.96 bits per heavy atom. The van der Waals surface area contributed by atoms with Gasteiger partial charge in [0.25, 0.3) is 0 Å². The summed E-state index contributed by atoms with van der Waals surface area (Å²) in [5.74, 6) is 1.78. The van der Waals surface area contributed by atoms with Gasteiger partial charge < -0.3 is 18.9 Å². The van der Waals surface area contributed by atoms with Crippen LogP contribution in [0, 0.1) is 0 Å². The number of rotatable bonds is 4. The van der Waals surface area contributed by atoms with Crippen molar-refractivity contribution >= 4 is 5.91 Å². The van der Waals surface area contributed by atoms with Gasteiger partial charge in [-0.05, 0) is 17.7 Å². The van der Waals surface area contributed by atoms with Crippen LogP contribution in [-0.2, 0) is 17.9 Å². The van der Waals surface area contributed by atoms with E-state index < -0.39 is 0 Å². The third-order valence-electron chi connectivity index (χ3n) is 4.45. The van der Waals surface area contributed by atoms with Crippen molar-refractivity contribution in [1.82, 2.24) is 19.4 Å². The molecule has 0 spiro atoms. The standard InChI is InChI=1S/C17H20N4O3/c22-17(11-20-4-3-18-12-20)21-7-5-19(6-8-21)10-14-1-2-15-16(9-14)24-13-23-15/h1-4,9,12H,5-8,10-11,13H2. The summed E-state index contributed by atoms with van der Waals surface area (Å²) in [6.07, 6.45) is 5.18. The van der Waals surface area contributed by atoms with Crippen LogP contribution >= 0.6 is 0 Å². The van der Waals surface area contributed by atoms with Crippen LogP contribution in [0.1, 0.15) is 5.56 Å². The summed E-state index contributed by atoms with van der Waals surface area (Å²) < 4.78 is 12.6. The number of amides is 1.